The summed E-state index contributed by atoms with van der Waals surface area (Å²) in [5.74, 6) is 6.48. The molecule has 2 aromatic rings. The number of nitrogens with two attached hydrogens (primary N) is 2. The number of fused-ring (bicyclic) bond motifs is 1. The molecular weight excluding hydrogens is 395 g/mol. The molecule has 4 rings (SSSR count). The third-order valence-electron chi connectivity index (χ3n) is 6.13. The Morgan fingerprint density at radius 2 is 2.00 bits per heavy atom. The number of hydrogen-bond acceptors (Lipinski definition) is 7. The summed E-state index contributed by atoms with van der Waals surface area (Å²) in [7, 11) is 0. The molecule has 2 aliphatic heterocycles. The van der Waals surface area contributed by atoms with Gasteiger partial charge >= 0.3 is 0 Å². The molecule has 0 saturated carbocycles. The molecule has 2 fully saturated rings. The Hall–Kier alpha value is -2.78. The average Bonchev–Trinajstić information content (AvgIpc) is 3.26. The van der Waals surface area contributed by atoms with Gasteiger partial charge in [0.1, 0.15) is 5.82 Å². The molecule has 0 spiro atoms. The van der Waals surface area contributed by atoms with Crippen LogP contribution >= 0.6 is 0 Å². The maximum Gasteiger partial charge on any atom is 0.157 e. The van der Waals surface area contributed by atoms with E-state index in [1.165, 1.54) is 0 Å². The first kappa shape index (κ1) is 21.5. The number of hydrogen-bond donors (Lipinski definition) is 3. The lowest BCUT2D eigenvalue weighted by molar-refractivity contribution is 0.304. The van der Waals surface area contributed by atoms with Crippen LogP contribution in [0.15, 0.2) is 35.6 Å². The van der Waals surface area contributed by atoms with Crippen molar-refractivity contribution in [1.29, 1.82) is 0 Å². The summed E-state index contributed by atoms with van der Waals surface area (Å²) in [6, 6.07) is 7.56. The van der Waals surface area contributed by atoms with E-state index in [0.717, 1.165) is 56.1 Å². The highest BCUT2D eigenvalue weighted by atomic mass is 19.1. The highest BCUT2D eigenvalue weighted by Gasteiger charge is 2.41. The third-order valence-corrected chi connectivity index (χ3v) is 6.13. The van der Waals surface area contributed by atoms with E-state index in [1.54, 1.807) is 12.3 Å². The summed E-state index contributed by atoms with van der Waals surface area (Å²) in [5.41, 5.74) is 11.3. The van der Waals surface area contributed by atoms with E-state index in [0.29, 0.717) is 23.3 Å². The Bertz CT molecular complexity index is 919. The van der Waals surface area contributed by atoms with E-state index in [2.05, 4.69) is 50.5 Å². The van der Waals surface area contributed by atoms with Crippen molar-refractivity contribution in [3.63, 3.8) is 0 Å². The maximum absolute atomic E-state index is 15.1. The summed E-state index contributed by atoms with van der Waals surface area (Å²) in [5, 5.41) is 12.0. The summed E-state index contributed by atoms with van der Waals surface area (Å²) >= 11 is 0. The lowest BCUT2D eigenvalue weighted by Gasteiger charge is -2.26. The quantitative estimate of drug-likeness (QED) is 0.266. The highest BCUT2D eigenvalue weighted by molar-refractivity contribution is 6.03. The van der Waals surface area contributed by atoms with Gasteiger partial charge in [-0.15, -0.1) is 5.10 Å². The van der Waals surface area contributed by atoms with Crippen LogP contribution < -0.4 is 22.0 Å². The predicted molar refractivity (Wildman–Crippen MR) is 119 cm³/mol. The topological polar surface area (TPSA) is 109 Å². The molecule has 166 valence electrons. The molecule has 3 heterocycles. The fraction of sp³-hybridized carbons (Fsp3) is 0.500. The SMILES string of the molecule is CC(C)Cc1cc(F)c(/C(N)=N/NN)c(N2CC3CN(Cc4cccnn4)CC3C2)c1. The van der Waals surface area contributed by atoms with Crippen molar-refractivity contribution in [3.05, 3.63) is 53.1 Å². The summed E-state index contributed by atoms with van der Waals surface area (Å²) in [4.78, 5) is 4.69. The zero-order valence-electron chi connectivity index (χ0n) is 18.1. The van der Waals surface area contributed by atoms with Gasteiger partial charge in [-0.05, 0) is 54.0 Å². The van der Waals surface area contributed by atoms with Crippen molar-refractivity contribution < 1.29 is 4.39 Å². The Morgan fingerprint density at radius 3 is 2.61 bits per heavy atom. The van der Waals surface area contributed by atoms with E-state index < -0.39 is 0 Å². The minimum absolute atomic E-state index is 0.0624. The zero-order valence-corrected chi connectivity index (χ0v) is 18.1. The van der Waals surface area contributed by atoms with Crippen molar-refractivity contribution in [1.82, 2.24) is 20.6 Å². The Labute approximate surface area is 182 Å². The number of nitrogens with one attached hydrogen (secondary N) is 1. The fourth-order valence-corrected chi connectivity index (χ4v) is 4.93. The molecule has 8 nitrogen and oxygen atoms in total. The van der Waals surface area contributed by atoms with Gasteiger partial charge in [-0.1, -0.05) is 13.8 Å². The van der Waals surface area contributed by atoms with Crippen LogP contribution in [-0.4, -0.2) is 47.1 Å². The number of likely N-dealkylation sites (tertiary alicyclic amines) is 1. The number of hydrazone groups is 1. The van der Waals surface area contributed by atoms with Gasteiger partial charge < -0.3 is 10.6 Å². The van der Waals surface area contributed by atoms with Crippen LogP contribution in [0.5, 0.6) is 0 Å². The summed E-state index contributed by atoms with van der Waals surface area (Å²) in [6.07, 6.45) is 2.50. The minimum Gasteiger partial charge on any atom is -0.382 e. The van der Waals surface area contributed by atoms with Crippen molar-refractivity contribution in [3.8, 4) is 0 Å². The molecule has 0 aliphatic carbocycles. The molecule has 1 aromatic heterocycles. The highest BCUT2D eigenvalue weighted by Crippen LogP contribution is 2.37. The number of benzene rings is 1. The lowest BCUT2D eigenvalue weighted by Crippen LogP contribution is -2.32. The fourth-order valence-electron chi connectivity index (χ4n) is 4.93. The first-order chi connectivity index (χ1) is 14.9. The standard InChI is InChI=1S/C22H31FN8/c1-14(2)6-15-7-19(23)21(22(24)28-29-25)20(8-15)31-11-16-9-30(10-17(16)12-31)13-18-4-3-5-26-27-18/h3-5,7-8,14,16-17,29H,6,9-13,25H2,1-2H3,(H2,24,28). The molecule has 1 aromatic carbocycles. The molecule has 0 radical (unpaired) electrons. The van der Waals surface area contributed by atoms with Crippen molar-refractivity contribution in [2.75, 3.05) is 31.1 Å². The molecule has 2 saturated heterocycles. The van der Waals surface area contributed by atoms with Crippen LogP contribution in [0.2, 0.25) is 0 Å². The zero-order chi connectivity index (χ0) is 22.0. The van der Waals surface area contributed by atoms with Crippen LogP contribution in [0.4, 0.5) is 10.1 Å². The Kier molecular flexibility index (Phi) is 6.33. The number of hydrazine groups is 1. The van der Waals surface area contributed by atoms with E-state index >= 15 is 4.39 Å². The van der Waals surface area contributed by atoms with E-state index in [-0.39, 0.29) is 11.7 Å². The average molecular weight is 427 g/mol. The van der Waals surface area contributed by atoms with Gasteiger partial charge in [-0.3, -0.25) is 4.90 Å². The van der Waals surface area contributed by atoms with Gasteiger partial charge in [-0.25, -0.2) is 15.8 Å². The minimum atomic E-state index is -0.356. The van der Waals surface area contributed by atoms with Gasteiger partial charge in [-0.2, -0.15) is 10.2 Å². The van der Waals surface area contributed by atoms with Crippen molar-refractivity contribution in [2.24, 2.45) is 34.4 Å². The molecule has 31 heavy (non-hydrogen) atoms. The molecule has 5 N–H and O–H groups in total. The number of halogens is 1. The van der Waals surface area contributed by atoms with Gasteiger partial charge in [0.05, 0.1) is 16.9 Å². The lowest BCUT2D eigenvalue weighted by atomic mass is 9.99. The number of amidine groups is 1. The molecule has 0 bridgehead atoms. The van der Waals surface area contributed by atoms with Crippen molar-refractivity contribution in [2.45, 2.75) is 26.8 Å². The van der Waals surface area contributed by atoms with Crippen LogP contribution in [0.25, 0.3) is 0 Å². The monoisotopic (exact) mass is 426 g/mol. The summed E-state index contributed by atoms with van der Waals surface area (Å²) in [6.45, 7) is 8.79. The predicted octanol–water partition coefficient (Wildman–Crippen LogP) is 1.47. The number of nitrogens with zero attached hydrogens (tertiary/aromatic N) is 5. The van der Waals surface area contributed by atoms with E-state index in [4.69, 9.17) is 11.6 Å². The van der Waals surface area contributed by atoms with Crippen LogP contribution in [0, 0.1) is 23.6 Å². The number of aromatic nitrogens is 2. The molecule has 2 unspecified atom stereocenters. The molecule has 2 atom stereocenters. The van der Waals surface area contributed by atoms with Crippen LogP contribution in [0.3, 0.4) is 0 Å². The second-order valence-corrected chi connectivity index (χ2v) is 9.03. The van der Waals surface area contributed by atoms with Gasteiger partial charge in [0.2, 0.25) is 0 Å². The Morgan fingerprint density at radius 1 is 1.26 bits per heavy atom. The van der Waals surface area contributed by atoms with Crippen LogP contribution in [0.1, 0.15) is 30.7 Å². The molecule has 9 heteroatoms. The smallest absolute Gasteiger partial charge is 0.157 e. The first-order valence-corrected chi connectivity index (χ1v) is 10.8. The van der Waals surface area contributed by atoms with Crippen molar-refractivity contribution >= 4 is 11.5 Å². The van der Waals surface area contributed by atoms with Crippen LogP contribution in [-0.2, 0) is 13.0 Å². The molecular formula is C22H31FN8. The van der Waals surface area contributed by atoms with Gasteiger partial charge in [0.15, 0.2) is 5.84 Å². The molecule has 0 amide bonds. The van der Waals surface area contributed by atoms with E-state index in [1.807, 2.05) is 12.1 Å². The van der Waals surface area contributed by atoms with E-state index in [9.17, 15) is 0 Å². The normalized spacial score (nSPS) is 21.7. The summed E-state index contributed by atoms with van der Waals surface area (Å²) < 4.78 is 15.1. The second kappa shape index (κ2) is 9.15. The van der Waals surface area contributed by atoms with Gasteiger partial charge in [0, 0.05) is 38.9 Å². The number of anilines is 1. The Balaban J connectivity index is 1.53. The number of rotatable bonds is 7. The first-order valence-electron chi connectivity index (χ1n) is 10.8. The second-order valence-electron chi connectivity index (χ2n) is 9.03. The largest absolute Gasteiger partial charge is 0.382 e. The maximum atomic E-state index is 15.1. The van der Waals surface area contributed by atoms with Gasteiger partial charge in [0.25, 0.3) is 0 Å². The molecule has 2 aliphatic rings. The third kappa shape index (κ3) is 4.77.